The van der Waals surface area contributed by atoms with Gasteiger partial charge in [0, 0.05) is 0 Å². The van der Waals surface area contributed by atoms with Gasteiger partial charge in [-0.05, 0) is 6.42 Å². The molecule has 0 aliphatic heterocycles. The van der Waals surface area contributed by atoms with Gasteiger partial charge < -0.3 is 0 Å². The van der Waals surface area contributed by atoms with Crippen molar-refractivity contribution >= 4 is 19.2 Å². The summed E-state index contributed by atoms with van der Waals surface area (Å²) in [5.41, 5.74) is 0. The largest absolute Gasteiger partial charge is 0.323 e. The SMILES string of the molecule is CCCC[P+](O)(O)S. The van der Waals surface area contributed by atoms with Crippen molar-refractivity contribution in [2.75, 3.05) is 6.16 Å². The van der Waals surface area contributed by atoms with Gasteiger partial charge in [-0.2, -0.15) is 0 Å². The molecule has 0 aliphatic carbocycles. The smallest absolute Gasteiger partial charge is 0.208 e. The molecule has 0 heterocycles. The third-order valence-corrected chi connectivity index (χ3v) is 2.33. The molecule has 0 fully saturated rings. The quantitative estimate of drug-likeness (QED) is 0.426. The second-order valence-electron chi connectivity index (χ2n) is 1.77. The highest BCUT2D eigenvalue weighted by Gasteiger charge is 2.25. The zero-order valence-corrected chi connectivity index (χ0v) is 6.70. The molecule has 0 unspecified atom stereocenters. The van der Waals surface area contributed by atoms with Gasteiger partial charge in [-0.3, -0.25) is 0 Å². The molecule has 0 radical (unpaired) electrons. The van der Waals surface area contributed by atoms with Gasteiger partial charge in [0.25, 0.3) is 0 Å². The van der Waals surface area contributed by atoms with E-state index < -0.39 is 6.92 Å². The van der Waals surface area contributed by atoms with Crippen molar-refractivity contribution in [3.8, 4) is 0 Å². The van der Waals surface area contributed by atoms with Crippen LogP contribution < -0.4 is 0 Å². The number of unbranched alkanes of at least 4 members (excludes halogenated alkanes) is 1. The van der Waals surface area contributed by atoms with Crippen LogP contribution in [-0.2, 0) is 0 Å². The Balaban J connectivity index is 3.11. The molecule has 0 saturated heterocycles. The summed E-state index contributed by atoms with van der Waals surface area (Å²) in [6, 6.07) is 0. The van der Waals surface area contributed by atoms with Crippen molar-refractivity contribution in [1.82, 2.24) is 0 Å². The molecule has 2 N–H and O–H groups in total. The van der Waals surface area contributed by atoms with Crippen molar-refractivity contribution in [2.24, 2.45) is 0 Å². The van der Waals surface area contributed by atoms with E-state index in [4.69, 9.17) is 9.79 Å². The average Bonchev–Trinajstić information content (AvgIpc) is 1.59. The van der Waals surface area contributed by atoms with E-state index in [-0.39, 0.29) is 0 Å². The molecule has 0 atom stereocenters. The highest BCUT2D eigenvalue weighted by atomic mass is 32.7. The first-order valence-corrected chi connectivity index (χ1v) is 5.66. The summed E-state index contributed by atoms with van der Waals surface area (Å²) in [4.78, 5) is 17.4. The zero-order chi connectivity index (χ0) is 6.62. The fraction of sp³-hybridized carbons (Fsp3) is 1.00. The zero-order valence-electron chi connectivity index (χ0n) is 4.91. The fourth-order valence-electron chi connectivity index (χ4n) is 0.370. The van der Waals surface area contributed by atoms with E-state index in [1.807, 2.05) is 6.92 Å². The Kier molecular flexibility index (Phi) is 4.00. The lowest BCUT2D eigenvalue weighted by atomic mass is 10.4. The molecular weight excluding hydrogens is 143 g/mol. The van der Waals surface area contributed by atoms with Crippen LogP contribution >= 0.6 is 19.2 Å². The van der Waals surface area contributed by atoms with E-state index >= 15 is 0 Å². The molecule has 0 bridgehead atoms. The summed E-state index contributed by atoms with van der Waals surface area (Å²) in [5.74, 6) is 0. The van der Waals surface area contributed by atoms with E-state index in [1.165, 1.54) is 0 Å². The molecule has 0 aromatic rings. The minimum Gasteiger partial charge on any atom is -0.208 e. The summed E-state index contributed by atoms with van der Waals surface area (Å²) < 4.78 is 0. The summed E-state index contributed by atoms with van der Waals surface area (Å²) >= 11 is 3.61. The second kappa shape index (κ2) is 3.67. The highest BCUT2D eigenvalue weighted by Crippen LogP contribution is 2.55. The number of rotatable bonds is 3. The molecule has 0 aromatic carbocycles. The lowest BCUT2D eigenvalue weighted by Gasteiger charge is -2.01. The molecule has 8 heavy (non-hydrogen) atoms. The molecule has 0 aromatic heterocycles. The van der Waals surface area contributed by atoms with Crippen LogP contribution in [0.2, 0.25) is 0 Å². The van der Waals surface area contributed by atoms with Gasteiger partial charge in [-0.1, -0.05) is 13.3 Å². The maximum absolute atomic E-state index is 8.68. The average molecular weight is 155 g/mol. The summed E-state index contributed by atoms with van der Waals surface area (Å²) in [6.07, 6.45) is 2.29. The van der Waals surface area contributed by atoms with Crippen LogP contribution in [0.5, 0.6) is 0 Å². The van der Waals surface area contributed by atoms with Crippen LogP contribution in [0.15, 0.2) is 0 Å². The van der Waals surface area contributed by atoms with Gasteiger partial charge in [0.1, 0.15) is 6.16 Å². The molecule has 0 aliphatic rings. The highest BCUT2D eigenvalue weighted by molar-refractivity contribution is 8.48. The third kappa shape index (κ3) is 6.70. The van der Waals surface area contributed by atoms with E-state index in [9.17, 15) is 0 Å². The van der Waals surface area contributed by atoms with Crippen LogP contribution in [-0.4, -0.2) is 15.9 Å². The monoisotopic (exact) mass is 155 g/mol. The van der Waals surface area contributed by atoms with E-state index in [0.717, 1.165) is 12.8 Å². The standard InChI is InChI=1S/C4H12O2PS/c1-2-3-4-7(5,6)8/h5-6,8H,2-4H2,1H3/q+1. The van der Waals surface area contributed by atoms with Crippen molar-refractivity contribution in [3.05, 3.63) is 0 Å². The first-order chi connectivity index (χ1) is 3.56. The summed E-state index contributed by atoms with van der Waals surface area (Å²) in [6.45, 7) is -0.734. The van der Waals surface area contributed by atoms with Gasteiger partial charge in [0.15, 0.2) is 0 Å². The fourth-order valence-corrected chi connectivity index (χ4v) is 1.54. The van der Waals surface area contributed by atoms with Crippen LogP contribution in [0.4, 0.5) is 0 Å². The Morgan fingerprint density at radius 3 is 2.12 bits per heavy atom. The van der Waals surface area contributed by atoms with Gasteiger partial charge in [-0.25, -0.2) is 9.79 Å². The predicted octanol–water partition coefficient (Wildman–Crippen LogP) is 1.46. The maximum atomic E-state index is 8.68. The molecular formula is C4H12O2PS+. The minimum atomic E-state index is -2.74. The van der Waals surface area contributed by atoms with E-state index in [1.54, 1.807) is 0 Å². The lowest BCUT2D eigenvalue weighted by Crippen LogP contribution is -1.87. The Morgan fingerprint density at radius 2 is 2.00 bits per heavy atom. The number of hydrogen-bond acceptors (Lipinski definition) is 3. The van der Waals surface area contributed by atoms with Crippen molar-refractivity contribution < 1.29 is 9.79 Å². The van der Waals surface area contributed by atoms with Gasteiger partial charge >= 0.3 is 6.92 Å². The Hall–Kier alpha value is 0.700. The molecule has 0 amide bonds. The van der Waals surface area contributed by atoms with Crippen LogP contribution in [0.1, 0.15) is 19.8 Å². The molecule has 0 rings (SSSR count). The number of hydrogen-bond donors (Lipinski definition) is 3. The number of thiol groups is 1. The molecule has 0 saturated carbocycles. The van der Waals surface area contributed by atoms with Gasteiger partial charge in [-0.15, -0.1) is 0 Å². The normalized spacial score (nSPS) is 12.0. The van der Waals surface area contributed by atoms with Crippen LogP contribution in [0.25, 0.3) is 0 Å². The van der Waals surface area contributed by atoms with Crippen LogP contribution in [0.3, 0.4) is 0 Å². The topological polar surface area (TPSA) is 40.5 Å². The minimum absolute atomic E-state index is 0.451. The lowest BCUT2D eigenvalue weighted by molar-refractivity contribution is 0.472. The molecule has 4 heteroatoms. The van der Waals surface area contributed by atoms with E-state index in [0.29, 0.717) is 6.16 Å². The Labute approximate surface area is 55.6 Å². The first kappa shape index (κ1) is 8.70. The Morgan fingerprint density at radius 1 is 1.50 bits per heavy atom. The van der Waals surface area contributed by atoms with Crippen LogP contribution in [0, 0.1) is 0 Å². The molecule has 50 valence electrons. The van der Waals surface area contributed by atoms with Crippen molar-refractivity contribution in [1.29, 1.82) is 0 Å². The van der Waals surface area contributed by atoms with Gasteiger partial charge in [0.2, 0.25) is 0 Å². The van der Waals surface area contributed by atoms with E-state index in [2.05, 4.69) is 12.2 Å². The first-order valence-electron chi connectivity index (χ1n) is 2.62. The molecule has 0 spiro atoms. The maximum Gasteiger partial charge on any atom is 0.323 e. The Bertz CT molecular complexity index is 61.5. The molecule has 2 nitrogen and oxygen atoms in total. The van der Waals surface area contributed by atoms with Crippen molar-refractivity contribution in [3.63, 3.8) is 0 Å². The summed E-state index contributed by atoms with van der Waals surface area (Å²) in [5, 5.41) is 0. The van der Waals surface area contributed by atoms with Gasteiger partial charge in [0.05, 0.1) is 12.2 Å². The summed E-state index contributed by atoms with van der Waals surface area (Å²) in [7, 11) is 0. The van der Waals surface area contributed by atoms with Crippen molar-refractivity contribution in [2.45, 2.75) is 19.8 Å². The second-order valence-corrected chi connectivity index (χ2v) is 5.52. The predicted molar refractivity (Wildman–Crippen MR) is 40.1 cm³/mol. The third-order valence-electron chi connectivity index (χ3n) is 0.812.